The lowest BCUT2D eigenvalue weighted by molar-refractivity contribution is -0.135. The first-order chi connectivity index (χ1) is 9.45. The lowest BCUT2D eigenvalue weighted by Crippen LogP contribution is -2.46. The van der Waals surface area contributed by atoms with E-state index < -0.39 is 5.41 Å². The monoisotopic (exact) mass is 274 g/mol. The highest BCUT2D eigenvalue weighted by Crippen LogP contribution is 2.37. The van der Waals surface area contributed by atoms with E-state index in [1.165, 1.54) is 6.92 Å². The van der Waals surface area contributed by atoms with Crippen molar-refractivity contribution in [3.8, 4) is 0 Å². The van der Waals surface area contributed by atoms with E-state index in [-0.39, 0.29) is 17.7 Å². The standard InChI is InChI=1S/C15H18N2O3/c1-3-15(8-13(19)17-14(20)9-15)11-4-6-12(7-5-11)16-10(2)18/h4-7H,3,8-9H2,1-2H3,(H,16,18)(H,17,19,20). The van der Waals surface area contributed by atoms with Crippen LogP contribution in [0.25, 0.3) is 0 Å². The van der Waals surface area contributed by atoms with Gasteiger partial charge in [-0.2, -0.15) is 0 Å². The van der Waals surface area contributed by atoms with Crippen LogP contribution in [0.3, 0.4) is 0 Å². The zero-order valence-electron chi connectivity index (χ0n) is 11.7. The number of piperidine rings is 1. The first-order valence-corrected chi connectivity index (χ1v) is 6.66. The molecule has 1 aromatic rings. The molecule has 0 radical (unpaired) electrons. The van der Waals surface area contributed by atoms with E-state index in [4.69, 9.17) is 0 Å². The Hall–Kier alpha value is -2.17. The Labute approximate surface area is 117 Å². The Kier molecular flexibility index (Phi) is 3.88. The number of nitrogens with one attached hydrogen (secondary N) is 2. The molecule has 0 saturated carbocycles. The third-order valence-electron chi connectivity index (χ3n) is 3.77. The van der Waals surface area contributed by atoms with Crippen LogP contribution in [0.4, 0.5) is 5.69 Å². The molecular weight excluding hydrogens is 256 g/mol. The molecule has 0 atom stereocenters. The van der Waals surface area contributed by atoms with Gasteiger partial charge < -0.3 is 5.32 Å². The molecule has 2 rings (SSSR count). The third-order valence-corrected chi connectivity index (χ3v) is 3.77. The van der Waals surface area contributed by atoms with Crippen molar-refractivity contribution in [1.82, 2.24) is 5.32 Å². The Morgan fingerprint density at radius 3 is 2.20 bits per heavy atom. The molecule has 5 nitrogen and oxygen atoms in total. The third kappa shape index (κ3) is 2.87. The number of amides is 3. The number of carbonyl (C=O) groups is 3. The van der Waals surface area contributed by atoms with Gasteiger partial charge in [-0.25, -0.2) is 0 Å². The molecule has 0 aromatic heterocycles. The molecule has 5 heteroatoms. The molecule has 106 valence electrons. The molecule has 1 aliphatic rings. The lowest BCUT2D eigenvalue weighted by Gasteiger charge is -2.35. The largest absolute Gasteiger partial charge is 0.326 e. The van der Waals surface area contributed by atoms with E-state index in [2.05, 4.69) is 10.6 Å². The summed E-state index contributed by atoms with van der Waals surface area (Å²) >= 11 is 0. The lowest BCUT2D eigenvalue weighted by atomic mass is 9.71. The number of rotatable bonds is 3. The second-order valence-corrected chi connectivity index (χ2v) is 5.22. The summed E-state index contributed by atoms with van der Waals surface area (Å²) in [7, 11) is 0. The Morgan fingerprint density at radius 1 is 1.20 bits per heavy atom. The van der Waals surface area contributed by atoms with Gasteiger partial charge in [0.1, 0.15) is 0 Å². The Balaban J connectivity index is 2.29. The number of hydrogen-bond donors (Lipinski definition) is 2. The number of anilines is 1. The molecule has 0 unspecified atom stereocenters. The van der Waals surface area contributed by atoms with Crippen molar-refractivity contribution in [2.24, 2.45) is 0 Å². The normalized spacial score (nSPS) is 17.5. The van der Waals surface area contributed by atoms with Crippen LogP contribution >= 0.6 is 0 Å². The molecule has 0 aliphatic carbocycles. The Morgan fingerprint density at radius 2 is 1.75 bits per heavy atom. The zero-order valence-corrected chi connectivity index (χ0v) is 11.7. The van der Waals surface area contributed by atoms with Crippen molar-refractivity contribution in [1.29, 1.82) is 0 Å². The topological polar surface area (TPSA) is 75.3 Å². The molecule has 1 aromatic carbocycles. The SMILES string of the molecule is CCC1(c2ccc(NC(C)=O)cc2)CC(=O)NC(=O)C1. The predicted octanol–water partition coefficient (Wildman–Crippen LogP) is 1.73. The van der Waals surface area contributed by atoms with Crippen LogP contribution in [0.1, 0.15) is 38.7 Å². The van der Waals surface area contributed by atoms with Crippen LogP contribution in [0, 0.1) is 0 Å². The minimum Gasteiger partial charge on any atom is -0.326 e. The fraction of sp³-hybridized carbons (Fsp3) is 0.400. The van der Waals surface area contributed by atoms with Gasteiger partial charge in [0.2, 0.25) is 17.7 Å². The maximum Gasteiger partial charge on any atom is 0.227 e. The second-order valence-electron chi connectivity index (χ2n) is 5.22. The van der Waals surface area contributed by atoms with E-state index in [1.54, 1.807) is 12.1 Å². The highest BCUT2D eigenvalue weighted by atomic mass is 16.2. The first-order valence-electron chi connectivity index (χ1n) is 6.66. The molecule has 2 N–H and O–H groups in total. The van der Waals surface area contributed by atoms with Crippen LogP contribution in [-0.2, 0) is 19.8 Å². The first kappa shape index (κ1) is 14.2. The summed E-state index contributed by atoms with van der Waals surface area (Å²) in [6.45, 7) is 3.43. The molecule has 1 saturated heterocycles. The van der Waals surface area contributed by atoms with Crippen molar-refractivity contribution in [2.75, 3.05) is 5.32 Å². The van der Waals surface area contributed by atoms with E-state index in [9.17, 15) is 14.4 Å². The molecule has 1 aliphatic heterocycles. The van der Waals surface area contributed by atoms with Crippen molar-refractivity contribution < 1.29 is 14.4 Å². The molecule has 1 heterocycles. The molecule has 1 fully saturated rings. The van der Waals surface area contributed by atoms with E-state index in [0.29, 0.717) is 24.9 Å². The summed E-state index contributed by atoms with van der Waals surface area (Å²) < 4.78 is 0. The number of carbonyl (C=O) groups excluding carboxylic acids is 3. The number of benzene rings is 1. The molecule has 20 heavy (non-hydrogen) atoms. The quantitative estimate of drug-likeness (QED) is 0.824. The van der Waals surface area contributed by atoms with Gasteiger partial charge in [0, 0.05) is 30.9 Å². The van der Waals surface area contributed by atoms with Crippen molar-refractivity contribution >= 4 is 23.4 Å². The van der Waals surface area contributed by atoms with Gasteiger partial charge in [0.25, 0.3) is 0 Å². The summed E-state index contributed by atoms with van der Waals surface area (Å²) in [6.07, 6.45) is 1.34. The van der Waals surface area contributed by atoms with Crippen LogP contribution in [-0.4, -0.2) is 17.7 Å². The van der Waals surface area contributed by atoms with Gasteiger partial charge in [-0.3, -0.25) is 19.7 Å². The second kappa shape index (κ2) is 5.45. The summed E-state index contributed by atoms with van der Waals surface area (Å²) in [5, 5.41) is 5.04. The predicted molar refractivity (Wildman–Crippen MR) is 75.1 cm³/mol. The maximum absolute atomic E-state index is 11.6. The minimum atomic E-state index is -0.436. The van der Waals surface area contributed by atoms with Crippen molar-refractivity contribution in [3.05, 3.63) is 29.8 Å². The van der Waals surface area contributed by atoms with Crippen LogP contribution in [0.15, 0.2) is 24.3 Å². The van der Waals surface area contributed by atoms with Crippen LogP contribution < -0.4 is 10.6 Å². The van der Waals surface area contributed by atoms with Gasteiger partial charge in [-0.05, 0) is 24.1 Å². The van der Waals surface area contributed by atoms with Gasteiger partial charge in [0.05, 0.1) is 0 Å². The average Bonchev–Trinajstić information content (AvgIpc) is 2.37. The maximum atomic E-state index is 11.6. The molecular formula is C15H18N2O3. The number of imide groups is 1. The van der Waals surface area contributed by atoms with Gasteiger partial charge in [-0.1, -0.05) is 19.1 Å². The van der Waals surface area contributed by atoms with E-state index in [0.717, 1.165) is 5.56 Å². The van der Waals surface area contributed by atoms with Crippen molar-refractivity contribution in [2.45, 2.75) is 38.5 Å². The zero-order chi connectivity index (χ0) is 14.8. The summed E-state index contributed by atoms with van der Waals surface area (Å²) in [6, 6.07) is 7.34. The van der Waals surface area contributed by atoms with Gasteiger partial charge in [0.15, 0.2) is 0 Å². The molecule has 0 bridgehead atoms. The number of hydrogen-bond acceptors (Lipinski definition) is 3. The van der Waals surface area contributed by atoms with Crippen molar-refractivity contribution in [3.63, 3.8) is 0 Å². The highest BCUT2D eigenvalue weighted by Gasteiger charge is 2.39. The average molecular weight is 274 g/mol. The highest BCUT2D eigenvalue weighted by molar-refractivity contribution is 5.99. The van der Waals surface area contributed by atoms with E-state index in [1.807, 2.05) is 19.1 Å². The molecule has 3 amide bonds. The van der Waals surface area contributed by atoms with Crippen LogP contribution in [0.5, 0.6) is 0 Å². The summed E-state index contributed by atoms with van der Waals surface area (Å²) in [5.74, 6) is -0.585. The molecule has 0 spiro atoms. The fourth-order valence-corrected chi connectivity index (χ4v) is 2.69. The smallest absolute Gasteiger partial charge is 0.227 e. The minimum absolute atomic E-state index is 0.129. The van der Waals surface area contributed by atoms with Gasteiger partial charge >= 0.3 is 0 Å². The Bertz CT molecular complexity index is 533. The van der Waals surface area contributed by atoms with E-state index >= 15 is 0 Å². The van der Waals surface area contributed by atoms with Gasteiger partial charge in [-0.15, -0.1) is 0 Å². The summed E-state index contributed by atoms with van der Waals surface area (Å²) in [5.41, 5.74) is 1.23. The fourth-order valence-electron chi connectivity index (χ4n) is 2.69. The summed E-state index contributed by atoms with van der Waals surface area (Å²) in [4.78, 5) is 34.3. The van der Waals surface area contributed by atoms with Crippen LogP contribution in [0.2, 0.25) is 0 Å².